The standard InChI is InChI=1S/C22H30N4O/c1-4-6-16-7-9-18(10-8-16)25-22-21(19(23)5-2)20(11-12-24-22)26-13-17(14-26)15(3)27/h7-12,15,17,23,27H,4-6,13-14H2,1-3H3,(H,24,25). The average Bonchev–Trinajstić information content (AvgIpc) is 2.61. The molecular formula is C22H30N4O. The van der Waals surface area contributed by atoms with Crippen LogP contribution in [0.5, 0.6) is 0 Å². The molecule has 0 spiro atoms. The van der Waals surface area contributed by atoms with Crippen molar-refractivity contribution in [1.29, 1.82) is 5.41 Å². The summed E-state index contributed by atoms with van der Waals surface area (Å²) in [7, 11) is 0. The highest BCUT2D eigenvalue weighted by Crippen LogP contribution is 2.34. The van der Waals surface area contributed by atoms with Gasteiger partial charge in [-0.25, -0.2) is 4.98 Å². The van der Waals surface area contributed by atoms with Crippen LogP contribution in [0.3, 0.4) is 0 Å². The zero-order valence-electron chi connectivity index (χ0n) is 16.5. The third-order valence-corrected chi connectivity index (χ3v) is 5.27. The third kappa shape index (κ3) is 4.30. The summed E-state index contributed by atoms with van der Waals surface area (Å²) >= 11 is 0. The van der Waals surface area contributed by atoms with Crippen molar-refractivity contribution in [2.75, 3.05) is 23.3 Å². The topological polar surface area (TPSA) is 72.2 Å². The van der Waals surface area contributed by atoms with E-state index in [1.807, 2.05) is 19.9 Å². The summed E-state index contributed by atoms with van der Waals surface area (Å²) in [5, 5.41) is 21.7. The Kier molecular flexibility index (Phi) is 6.11. The smallest absolute Gasteiger partial charge is 0.141 e. The second-order valence-corrected chi connectivity index (χ2v) is 7.36. The van der Waals surface area contributed by atoms with Crippen LogP contribution < -0.4 is 10.2 Å². The summed E-state index contributed by atoms with van der Waals surface area (Å²) in [5.41, 5.74) is 4.77. The first-order valence-electron chi connectivity index (χ1n) is 9.89. The Morgan fingerprint density at radius 3 is 2.56 bits per heavy atom. The minimum Gasteiger partial charge on any atom is -0.393 e. The number of benzene rings is 1. The van der Waals surface area contributed by atoms with Gasteiger partial charge in [0.15, 0.2) is 0 Å². The van der Waals surface area contributed by atoms with Crippen molar-refractivity contribution >= 4 is 22.9 Å². The first-order valence-corrected chi connectivity index (χ1v) is 9.89. The quantitative estimate of drug-likeness (QED) is 0.607. The fraction of sp³-hybridized carbons (Fsp3) is 0.455. The molecule has 27 heavy (non-hydrogen) atoms. The molecule has 1 fully saturated rings. The lowest BCUT2D eigenvalue weighted by Gasteiger charge is -2.43. The van der Waals surface area contributed by atoms with Crippen LogP contribution in [0, 0.1) is 11.3 Å². The molecule has 1 unspecified atom stereocenters. The Morgan fingerprint density at radius 2 is 1.96 bits per heavy atom. The van der Waals surface area contributed by atoms with Gasteiger partial charge in [-0.05, 0) is 43.5 Å². The molecule has 2 aromatic rings. The Labute approximate surface area is 162 Å². The van der Waals surface area contributed by atoms with Gasteiger partial charge < -0.3 is 20.7 Å². The minimum absolute atomic E-state index is 0.295. The van der Waals surface area contributed by atoms with E-state index in [1.54, 1.807) is 6.20 Å². The van der Waals surface area contributed by atoms with Crippen molar-refractivity contribution in [3.05, 3.63) is 47.7 Å². The van der Waals surface area contributed by atoms with Crippen LogP contribution in [0.25, 0.3) is 0 Å². The maximum Gasteiger partial charge on any atom is 0.141 e. The molecule has 1 aliphatic heterocycles. The van der Waals surface area contributed by atoms with E-state index in [0.29, 0.717) is 18.1 Å². The molecule has 1 aliphatic rings. The van der Waals surface area contributed by atoms with Crippen LogP contribution in [-0.2, 0) is 6.42 Å². The zero-order valence-corrected chi connectivity index (χ0v) is 16.5. The van der Waals surface area contributed by atoms with E-state index >= 15 is 0 Å². The SMILES string of the molecule is CCCc1ccc(Nc2nccc(N3CC(C(C)O)C3)c2C(=N)CC)cc1. The lowest BCUT2D eigenvalue weighted by Crippen LogP contribution is -2.51. The Hall–Kier alpha value is -2.40. The molecule has 0 radical (unpaired) electrons. The number of aliphatic hydroxyl groups excluding tert-OH is 1. The summed E-state index contributed by atoms with van der Waals surface area (Å²) in [5.74, 6) is 1.02. The van der Waals surface area contributed by atoms with Crippen LogP contribution >= 0.6 is 0 Å². The lowest BCUT2D eigenvalue weighted by molar-refractivity contribution is 0.107. The highest BCUT2D eigenvalue weighted by atomic mass is 16.3. The molecule has 2 heterocycles. The normalized spacial score (nSPS) is 15.3. The molecule has 1 aromatic carbocycles. The second kappa shape index (κ2) is 8.53. The number of nitrogens with one attached hydrogen (secondary N) is 2. The van der Waals surface area contributed by atoms with Crippen molar-refractivity contribution in [3.8, 4) is 0 Å². The predicted octanol–water partition coefficient (Wildman–Crippen LogP) is 4.37. The number of aromatic nitrogens is 1. The Bertz CT molecular complexity index is 779. The van der Waals surface area contributed by atoms with Crippen LogP contribution in [0.15, 0.2) is 36.5 Å². The highest BCUT2D eigenvalue weighted by molar-refractivity contribution is 6.07. The van der Waals surface area contributed by atoms with Crippen molar-refractivity contribution in [2.45, 2.75) is 46.1 Å². The van der Waals surface area contributed by atoms with Gasteiger partial charge in [0.2, 0.25) is 0 Å². The number of hydrogen-bond donors (Lipinski definition) is 3. The first kappa shape index (κ1) is 19.4. The van der Waals surface area contributed by atoms with Gasteiger partial charge in [-0.15, -0.1) is 0 Å². The van der Waals surface area contributed by atoms with Gasteiger partial charge in [0.05, 0.1) is 17.4 Å². The molecule has 3 N–H and O–H groups in total. The van der Waals surface area contributed by atoms with Gasteiger partial charge in [0.25, 0.3) is 0 Å². The molecule has 0 aliphatic carbocycles. The lowest BCUT2D eigenvalue weighted by atomic mass is 9.92. The predicted molar refractivity (Wildman–Crippen MR) is 112 cm³/mol. The largest absolute Gasteiger partial charge is 0.393 e. The molecular weight excluding hydrogens is 336 g/mol. The van der Waals surface area contributed by atoms with Crippen molar-refractivity contribution in [1.82, 2.24) is 4.98 Å². The second-order valence-electron chi connectivity index (χ2n) is 7.36. The highest BCUT2D eigenvalue weighted by Gasteiger charge is 2.32. The molecule has 3 rings (SSSR count). The van der Waals surface area contributed by atoms with E-state index in [9.17, 15) is 5.11 Å². The molecule has 0 saturated carbocycles. The number of aryl methyl sites for hydroxylation is 1. The van der Waals surface area contributed by atoms with Gasteiger partial charge in [-0.3, -0.25) is 0 Å². The van der Waals surface area contributed by atoms with Gasteiger partial charge in [0, 0.05) is 36.6 Å². The summed E-state index contributed by atoms with van der Waals surface area (Å²) in [6, 6.07) is 10.4. The van der Waals surface area contributed by atoms with E-state index in [4.69, 9.17) is 5.41 Å². The first-order chi connectivity index (χ1) is 13.0. The molecule has 144 valence electrons. The molecule has 5 nitrogen and oxygen atoms in total. The molecule has 1 saturated heterocycles. The molecule has 5 heteroatoms. The zero-order chi connectivity index (χ0) is 19.4. The van der Waals surface area contributed by atoms with E-state index in [-0.39, 0.29) is 6.10 Å². The summed E-state index contributed by atoms with van der Waals surface area (Å²) in [6.07, 6.45) is 4.37. The number of pyridine rings is 1. The van der Waals surface area contributed by atoms with Gasteiger partial charge in [0.1, 0.15) is 5.82 Å². The van der Waals surface area contributed by atoms with Crippen LogP contribution in [0.4, 0.5) is 17.2 Å². The maximum absolute atomic E-state index is 9.78. The summed E-state index contributed by atoms with van der Waals surface area (Å²) < 4.78 is 0. The summed E-state index contributed by atoms with van der Waals surface area (Å²) in [4.78, 5) is 6.76. The van der Waals surface area contributed by atoms with E-state index < -0.39 is 0 Å². The molecule has 0 bridgehead atoms. The number of aliphatic hydroxyl groups is 1. The number of hydrogen-bond acceptors (Lipinski definition) is 5. The number of rotatable bonds is 8. The maximum atomic E-state index is 9.78. The van der Waals surface area contributed by atoms with Crippen LogP contribution in [0.2, 0.25) is 0 Å². The Balaban J connectivity index is 1.86. The minimum atomic E-state index is -0.295. The molecule has 0 amide bonds. The van der Waals surface area contributed by atoms with Gasteiger partial charge >= 0.3 is 0 Å². The van der Waals surface area contributed by atoms with Gasteiger partial charge in [-0.2, -0.15) is 0 Å². The van der Waals surface area contributed by atoms with Crippen molar-refractivity contribution in [3.63, 3.8) is 0 Å². The molecule has 1 atom stereocenters. The monoisotopic (exact) mass is 366 g/mol. The fourth-order valence-corrected chi connectivity index (χ4v) is 3.48. The van der Waals surface area contributed by atoms with E-state index in [1.165, 1.54) is 5.56 Å². The fourth-order valence-electron chi connectivity index (χ4n) is 3.48. The Morgan fingerprint density at radius 1 is 1.26 bits per heavy atom. The van der Waals surface area contributed by atoms with Crippen molar-refractivity contribution < 1.29 is 5.11 Å². The van der Waals surface area contributed by atoms with Gasteiger partial charge in [-0.1, -0.05) is 32.4 Å². The number of anilines is 3. The van der Waals surface area contributed by atoms with Crippen LogP contribution in [0.1, 0.15) is 44.7 Å². The van der Waals surface area contributed by atoms with E-state index in [0.717, 1.165) is 48.7 Å². The van der Waals surface area contributed by atoms with Crippen LogP contribution in [-0.4, -0.2) is 35.0 Å². The third-order valence-electron chi connectivity index (χ3n) is 5.27. The van der Waals surface area contributed by atoms with E-state index in [2.05, 4.69) is 46.4 Å². The molecule has 1 aromatic heterocycles. The summed E-state index contributed by atoms with van der Waals surface area (Å²) in [6.45, 7) is 7.66. The average molecular weight is 367 g/mol. The van der Waals surface area contributed by atoms with Crippen molar-refractivity contribution in [2.24, 2.45) is 5.92 Å². The number of nitrogens with zero attached hydrogens (tertiary/aromatic N) is 2.